The molecule has 31 heavy (non-hydrogen) atoms. The molecule has 1 aliphatic heterocycles. The molecular weight excluding hydrogens is 389 g/mol. The van der Waals surface area contributed by atoms with Crippen LogP contribution < -0.4 is 0 Å². The number of carbonyl (C=O) groups excluding carboxylic acids is 1. The Balaban J connectivity index is 1.43. The number of aromatic nitrogens is 2. The van der Waals surface area contributed by atoms with E-state index in [4.69, 9.17) is 5.10 Å². The first-order chi connectivity index (χ1) is 15.2. The number of hydrogen-bond acceptors (Lipinski definition) is 2. The zero-order valence-corrected chi connectivity index (χ0v) is 17.0. The van der Waals surface area contributed by atoms with E-state index in [0.717, 1.165) is 33.6 Å². The van der Waals surface area contributed by atoms with Gasteiger partial charge in [-0.3, -0.25) is 9.48 Å². The van der Waals surface area contributed by atoms with Crippen LogP contribution in [-0.4, -0.2) is 27.1 Å². The minimum atomic E-state index is -0.226. The van der Waals surface area contributed by atoms with E-state index in [-0.39, 0.29) is 18.3 Å². The summed E-state index contributed by atoms with van der Waals surface area (Å²) in [5.41, 5.74) is 5.78. The summed E-state index contributed by atoms with van der Waals surface area (Å²) >= 11 is 0. The Morgan fingerprint density at radius 1 is 0.871 bits per heavy atom. The smallest absolute Gasteiger partial charge is 0.244 e. The number of hydrogen-bond donors (Lipinski definition) is 0. The van der Waals surface area contributed by atoms with Gasteiger partial charge in [-0.15, -0.1) is 0 Å². The number of fused-ring (bicyclic) bond motifs is 1. The number of amides is 1. The van der Waals surface area contributed by atoms with Gasteiger partial charge in [-0.05, 0) is 41.3 Å². The Kier molecular flexibility index (Phi) is 5.08. The summed E-state index contributed by atoms with van der Waals surface area (Å²) in [7, 11) is 0. The van der Waals surface area contributed by atoms with E-state index in [2.05, 4.69) is 0 Å². The van der Waals surface area contributed by atoms with Crippen LogP contribution in [0, 0.1) is 5.82 Å². The highest BCUT2D eigenvalue weighted by Crippen LogP contribution is 2.27. The highest BCUT2D eigenvalue weighted by molar-refractivity contribution is 5.78. The molecule has 4 nitrogen and oxygen atoms in total. The van der Waals surface area contributed by atoms with E-state index in [1.165, 1.54) is 6.07 Å². The Labute approximate surface area is 180 Å². The van der Waals surface area contributed by atoms with E-state index in [1.807, 2.05) is 71.6 Å². The maximum atomic E-state index is 13.5. The molecule has 0 radical (unpaired) electrons. The summed E-state index contributed by atoms with van der Waals surface area (Å²) in [5, 5.41) is 4.77. The van der Waals surface area contributed by atoms with Crippen LogP contribution in [0.4, 0.5) is 4.39 Å². The molecule has 0 atom stereocenters. The summed E-state index contributed by atoms with van der Waals surface area (Å²) in [6, 6.07) is 26.8. The Hall–Kier alpha value is -3.73. The summed E-state index contributed by atoms with van der Waals surface area (Å²) in [6.07, 6.45) is 0.665. The lowest BCUT2D eigenvalue weighted by Crippen LogP contribution is -2.38. The third kappa shape index (κ3) is 3.99. The number of benzene rings is 3. The molecule has 0 spiro atoms. The van der Waals surface area contributed by atoms with Crippen molar-refractivity contribution < 1.29 is 9.18 Å². The zero-order chi connectivity index (χ0) is 21.2. The Morgan fingerprint density at radius 3 is 2.32 bits per heavy atom. The van der Waals surface area contributed by atoms with Crippen molar-refractivity contribution in [1.29, 1.82) is 0 Å². The van der Waals surface area contributed by atoms with Crippen LogP contribution in [0.15, 0.2) is 84.9 Å². The van der Waals surface area contributed by atoms with Gasteiger partial charge in [0.15, 0.2) is 0 Å². The first kappa shape index (κ1) is 19.2. The molecule has 154 valence electrons. The van der Waals surface area contributed by atoms with Gasteiger partial charge in [0.05, 0.1) is 11.4 Å². The van der Waals surface area contributed by atoms with Crippen molar-refractivity contribution in [3.8, 4) is 22.5 Å². The molecule has 5 heteroatoms. The number of carbonyl (C=O) groups is 1. The van der Waals surface area contributed by atoms with Crippen LogP contribution in [0.25, 0.3) is 22.5 Å². The lowest BCUT2D eigenvalue weighted by Gasteiger charge is -2.29. The molecule has 0 aliphatic carbocycles. The second-order valence-electron chi connectivity index (χ2n) is 7.78. The van der Waals surface area contributed by atoms with Crippen molar-refractivity contribution in [3.05, 3.63) is 102 Å². The molecule has 4 aromatic rings. The van der Waals surface area contributed by atoms with Crippen molar-refractivity contribution in [2.45, 2.75) is 19.5 Å². The molecule has 0 saturated heterocycles. The molecule has 0 N–H and O–H groups in total. The van der Waals surface area contributed by atoms with E-state index in [1.54, 1.807) is 16.8 Å². The molecule has 5 rings (SSSR count). The minimum absolute atomic E-state index is 0.00914. The molecule has 0 saturated carbocycles. The van der Waals surface area contributed by atoms with E-state index >= 15 is 0 Å². The van der Waals surface area contributed by atoms with Crippen LogP contribution in [-0.2, 0) is 24.3 Å². The molecule has 0 fully saturated rings. The number of halogens is 1. The third-order valence-corrected chi connectivity index (χ3v) is 5.74. The summed E-state index contributed by atoms with van der Waals surface area (Å²) < 4.78 is 15.3. The lowest BCUT2D eigenvalue weighted by molar-refractivity contribution is -0.132. The van der Waals surface area contributed by atoms with E-state index in [9.17, 15) is 9.18 Å². The van der Waals surface area contributed by atoms with Gasteiger partial charge in [0.2, 0.25) is 5.91 Å². The Bertz CT molecular complexity index is 1220. The maximum absolute atomic E-state index is 13.5. The van der Waals surface area contributed by atoms with Crippen LogP contribution >= 0.6 is 0 Å². The SMILES string of the molecule is O=C(Cn1nc(-c2ccccc2)cc1-c1ccccc1)N1CCc2cc(F)ccc2C1. The average Bonchev–Trinajstić information content (AvgIpc) is 3.23. The van der Waals surface area contributed by atoms with Crippen molar-refractivity contribution in [1.82, 2.24) is 14.7 Å². The second-order valence-corrected chi connectivity index (χ2v) is 7.78. The minimum Gasteiger partial charge on any atom is -0.336 e. The van der Waals surface area contributed by atoms with Gasteiger partial charge in [0.25, 0.3) is 0 Å². The molecule has 1 aromatic heterocycles. The molecule has 2 heterocycles. The van der Waals surface area contributed by atoms with Crippen LogP contribution in [0.5, 0.6) is 0 Å². The average molecular weight is 411 g/mol. The fourth-order valence-corrected chi connectivity index (χ4v) is 4.09. The lowest BCUT2D eigenvalue weighted by atomic mass is 9.99. The zero-order valence-electron chi connectivity index (χ0n) is 17.0. The van der Waals surface area contributed by atoms with E-state index < -0.39 is 0 Å². The molecule has 3 aromatic carbocycles. The van der Waals surface area contributed by atoms with Gasteiger partial charge in [-0.1, -0.05) is 66.7 Å². The molecule has 0 unspecified atom stereocenters. The molecular formula is C26H22FN3O. The first-order valence-corrected chi connectivity index (χ1v) is 10.4. The fourth-order valence-electron chi connectivity index (χ4n) is 4.09. The van der Waals surface area contributed by atoms with Crippen molar-refractivity contribution in [2.75, 3.05) is 6.54 Å². The normalized spacial score (nSPS) is 13.1. The van der Waals surface area contributed by atoms with Gasteiger partial charge in [-0.25, -0.2) is 4.39 Å². The second kappa shape index (κ2) is 8.19. The van der Waals surface area contributed by atoms with Crippen LogP contribution in [0.1, 0.15) is 11.1 Å². The largest absolute Gasteiger partial charge is 0.336 e. The Morgan fingerprint density at radius 2 is 1.58 bits per heavy atom. The van der Waals surface area contributed by atoms with Crippen LogP contribution in [0.2, 0.25) is 0 Å². The molecule has 0 bridgehead atoms. The summed E-state index contributed by atoms with van der Waals surface area (Å²) in [4.78, 5) is 15.0. The predicted molar refractivity (Wildman–Crippen MR) is 119 cm³/mol. The molecule has 1 amide bonds. The highest BCUT2D eigenvalue weighted by Gasteiger charge is 2.23. The van der Waals surface area contributed by atoms with Gasteiger partial charge in [0.1, 0.15) is 12.4 Å². The number of rotatable bonds is 4. The van der Waals surface area contributed by atoms with Crippen molar-refractivity contribution in [2.24, 2.45) is 0 Å². The quantitative estimate of drug-likeness (QED) is 0.477. The van der Waals surface area contributed by atoms with Crippen molar-refractivity contribution >= 4 is 5.91 Å². The summed E-state index contributed by atoms with van der Waals surface area (Å²) in [5.74, 6) is -0.217. The van der Waals surface area contributed by atoms with Gasteiger partial charge >= 0.3 is 0 Å². The first-order valence-electron chi connectivity index (χ1n) is 10.4. The van der Waals surface area contributed by atoms with Crippen LogP contribution in [0.3, 0.4) is 0 Å². The summed E-state index contributed by atoms with van der Waals surface area (Å²) in [6.45, 7) is 1.25. The van der Waals surface area contributed by atoms with Gasteiger partial charge in [-0.2, -0.15) is 5.10 Å². The highest BCUT2D eigenvalue weighted by atomic mass is 19.1. The topological polar surface area (TPSA) is 38.1 Å². The van der Waals surface area contributed by atoms with Crippen molar-refractivity contribution in [3.63, 3.8) is 0 Å². The fraction of sp³-hybridized carbons (Fsp3) is 0.154. The monoisotopic (exact) mass is 411 g/mol. The molecule has 1 aliphatic rings. The van der Waals surface area contributed by atoms with Gasteiger partial charge < -0.3 is 4.90 Å². The standard InChI is InChI=1S/C26H22FN3O/c27-23-12-11-22-17-29(14-13-21(22)15-23)26(31)18-30-25(20-9-5-2-6-10-20)16-24(28-30)19-7-3-1-4-8-19/h1-12,15-16H,13-14,17-18H2. The van der Waals surface area contributed by atoms with E-state index in [0.29, 0.717) is 19.5 Å². The third-order valence-electron chi connectivity index (χ3n) is 5.74. The maximum Gasteiger partial charge on any atom is 0.244 e. The number of nitrogens with zero attached hydrogens (tertiary/aromatic N) is 3. The van der Waals surface area contributed by atoms with Gasteiger partial charge in [0, 0.05) is 18.7 Å². The predicted octanol–water partition coefficient (Wildman–Crippen LogP) is 4.94.